The van der Waals surface area contributed by atoms with Gasteiger partial charge in [0.05, 0.1) is 6.61 Å². The monoisotopic (exact) mass is 456 g/mol. The van der Waals surface area contributed by atoms with Gasteiger partial charge in [-0.25, -0.2) is 0 Å². The molecule has 1 unspecified atom stereocenters. The lowest BCUT2D eigenvalue weighted by atomic mass is 10.00. The smallest absolute Gasteiger partial charge is 0.305 e. The summed E-state index contributed by atoms with van der Waals surface area (Å²) in [5.41, 5.74) is 3.35. The van der Waals surface area contributed by atoms with Crippen LogP contribution in [0.25, 0.3) is 0 Å². The molecule has 0 fully saturated rings. The van der Waals surface area contributed by atoms with Crippen molar-refractivity contribution in [1.82, 2.24) is 0 Å². The zero-order valence-electron chi connectivity index (χ0n) is 18.1. The van der Waals surface area contributed by atoms with E-state index in [9.17, 15) is 4.79 Å². The second-order valence-electron chi connectivity index (χ2n) is 7.04. The molecule has 0 aliphatic heterocycles. The molecule has 164 valence electrons. The van der Waals surface area contributed by atoms with Crippen LogP contribution < -0.4 is 9.47 Å². The van der Waals surface area contributed by atoms with Crippen LogP contribution in [0, 0.1) is 6.92 Å². The second-order valence-corrected chi connectivity index (χ2v) is 8.67. The quantitative estimate of drug-likeness (QED) is 0.234. The van der Waals surface area contributed by atoms with E-state index in [-0.39, 0.29) is 12.1 Å². The highest BCUT2D eigenvalue weighted by molar-refractivity contribution is 7.98. The van der Waals surface area contributed by atoms with E-state index < -0.39 is 0 Å². The fraction of sp³-hybridized carbons (Fsp3) is 0.320. The van der Waals surface area contributed by atoms with Gasteiger partial charge in [-0.3, -0.25) is 4.79 Å². The molecule has 0 radical (unpaired) electrons. The number of carbonyl (C=O) groups is 1. The number of thioether (sulfide) groups is 1. The van der Waals surface area contributed by atoms with Crippen molar-refractivity contribution in [1.29, 1.82) is 0 Å². The summed E-state index contributed by atoms with van der Waals surface area (Å²) in [5, 5.41) is 4.12. The summed E-state index contributed by atoms with van der Waals surface area (Å²) in [5.74, 6) is 1.31. The van der Waals surface area contributed by atoms with E-state index in [0.717, 1.165) is 33.1 Å². The normalized spacial score (nSPS) is 11.7. The SMILES string of the molecule is CCOC(=O)CCC(Oc1cc(OCc2ccsc2)ccc1SC)c1ccccc1C. The van der Waals surface area contributed by atoms with Gasteiger partial charge < -0.3 is 14.2 Å². The van der Waals surface area contributed by atoms with Crippen LogP contribution in [-0.4, -0.2) is 18.8 Å². The molecule has 31 heavy (non-hydrogen) atoms. The zero-order valence-corrected chi connectivity index (χ0v) is 19.8. The number of hydrogen-bond acceptors (Lipinski definition) is 6. The van der Waals surface area contributed by atoms with Crippen LogP contribution in [-0.2, 0) is 16.1 Å². The first-order valence-corrected chi connectivity index (χ1v) is 12.5. The fourth-order valence-corrected chi connectivity index (χ4v) is 4.41. The molecule has 3 aromatic rings. The third-order valence-electron chi connectivity index (χ3n) is 4.84. The van der Waals surface area contributed by atoms with Gasteiger partial charge >= 0.3 is 5.97 Å². The molecule has 0 amide bonds. The van der Waals surface area contributed by atoms with Crippen LogP contribution in [0.5, 0.6) is 11.5 Å². The molecule has 3 rings (SSSR count). The minimum Gasteiger partial charge on any atom is -0.489 e. The van der Waals surface area contributed by atoms with Crippen molar-refractivity contribution in [2.24, 2.45) is 0 Å². The highest BCUT2D eigenvalue weighted by Gasteiger charge is 2.20. The standard InChI is InChI=1S/C25H28O4S2/c1-4-27-25(26)12-10-22(21-8-6-5-7-18(21)2)29-23-15-20(9-11-24(23)30-3)28-16-19-13-14-31-17-19/h5-9,11,13-15,17,22H,4,10,12,16H2,1-3H3. The third-order valence-corrected chi connectivity index (χ3v) is 6.35. The molecule has 0 saturated heterocycles. The van der Waals surface area contributed by atoms with E-state index in [1.807, 2.05) is 48.9 Å². The van der Waals surface area contributed by atoms with Crippen LogP contribution in [0.4, 0.5) is 0 Å². The number of hydrogen-bond donors (Lipinski definition) is 0. The maximum absolute atomic E-state index is 12.0. The van der Waals surface area contributed by atoms with Crippen LogP contribution in [0.15, 0.2) is 64.2 Å². The lowest BCUT2D eigenvalue weighted by molar-refractivity contribution is -0.143. The summed E-state index contributed by atoms with van der Waals surface area (Å²) >= 11 is 3.28. The molecule has 6 heteroatoms. The first-order chi connectivity index (χ1) is 15.1. The van der Waals surface area contributed by atoms with Crippen molar-refractivity contribution in [3.8, 4) is 11.5 Å². The second kappa shape index (κ2) is 11.8. The number of rotatable bonds is 11. The van der Waals surface area contributed by atoms with E-state index in [1.165, 1.54) is 0 Å². The van der Waals surface area contributed by atoms with Crippen LogP contribution in [0.3, 0.4) is 0 Å². The summed E-state index contributed by atoms with van der Waals surface area (Å²) in [6, 6.07) is 16.1. The minimum absolute atomic E-state index is 0.206. The van der Waals surface area contributed by atoms with E-state index in [2.05, 4.69) is 30.5 Å². The number of benzene rings is 2. The number of ether oxygens (including phenoxy) is 3. The first-order valence-electron chi connectivity index (χ1n) is 10.3. The Morgan fingerprint density at radius 2 is 2.00 bits per heavy atom. The molecule has 0 saturated carbocycles. The maximum Gasteiger partial charge on any atom is 0.305 e. The highest BCUT2D eigenvalue weighted by Crippen LogP contribution is 2.37. The molecule has 0 N–H and O–H groups in total. The highest BCUT2D eigenvalue weighted by atomic mass is 32.2. The van der Waals surface area contributed by atoms with E-state index in [4.69, 9.17) is 14.2 Å². The van der Waals surface area contributed by atoms with Crippen molar-refractivity contribution in [2.75, 3.05) is 12.9 Å². The van der Waals surface area contributed by atoms with Gasteiger partial charge in [-0.05, 0) is 72.2 Å². The first kappa shape index (κ1) is 23.2. The Balaban J connectivity index is 1.81. The van der Waals surface area contributed by atoms with Gasteiger partial charge in [-0.1, -0.05) is 24.3 Å². The molecule has 0 spiro atoms. The van der Waals surface area contributed by atoms with Crippen molar-refractivity contribution in [3.63, 3.8) is 0 Å². The van der Waals surface area contributed by atoms with Gasteiger partial charge in [-0.15, -0.1) is 11.8 Å². The van der Waals surface area contributed by atoms with Crippen molar-refractivity contribution >= 4 is 29.1 Å². The lowest BCUT2D eigenvalue weighted by Gasteiger charge is -2.23. The molecule has 0 aliphatic carbocycles. The lowest BCUT2D eigenvalue weighted by Crippen LogP contribution is -2.13. The topological polar surface area (TPSA) is 44.8 Å². The molecule has 1 heterocycles. The molecule has 4 nitrogen and oxygen atoms in total. The van der Waals surface area contributed by atoms with Crippen LogP contribution >= 0.6 is 23.1 Å². The molecular weight excluding hydrogens is 428 g/mol. The Bertz CT molecular complexity index is 969. The largest absolute Gasteiger partial charge is 0.489 e. The third kappa shape index (κ3) is 6.77. The predicted molar refractivity (Wildman–Crippen MR) is 127 cm³/mol. The van der Waals surface area contributed by atoms with Crippen molar-refractivity contribution in [2.45, 2.75) is 44.3 Å². The molecule has 0 aliphatic rings. The summed E-state index contributed by atoms with van der Waals surface area (Å²) < 4.78 is 17.6. The molecule has 1 atom stereocenters. The predicted octanol–water partition coefficient (Wildman–Crippen LogP) is 6.82. The molecular formula is C25H28O4S2. The molecule has 2 aromatic carbocycles. The Morgan fingerprint density at radius 3 is 2.71 bits per heavy atom. The Hall–Kier alpha value is -2.44. The van der Waals surface area contributed by atoms with Gasteiger partial charge in [0.15, 0.2) is 0 Å². The summed E-state index contributed by atoms with van der Waals surface area (Å²) in [4.78, 5) is 13.0. The maximum atomic E-state index is 12.0. The average Bonchev–Trinajstić information content (AvgIpc) is 3.30. The summed E-state index contributed by atoms with van der Waals surface area (Å²) in [6.45, 7) is 4.78. The van der Waals surface area contributed by atoms with Gasteiger partial charge in [0.2, 0.25) is 0 Å². The van der Waals surface area contributed by atoms with Crippen molar-refractivity contribution in [3.05, 3.63) is 76.0 Å². The summed E-state index contributed by atoms with van der Waals surface area (Å²) in [6.07, 6.45) is 2.60. The van der Waals surface area contributed by atoms with Crippen LogP contribution in [0.1, 0.15) is 42.6 Å². The van der Waals surface area contributed by atoms with Gasteiger partial charge in [0, 0.05) is 17.4 Å². The van der Waals surface area contributed by atoms with Crippen LogP contribution in [0.2, 0.25) is 0 Å². The van der Waals surface area contributed by atoms with Gasteiger partial charge in [0.1, 0.15) is 24.2 Å². The average molecular weight is 457 g/mol. The Kier molecular flexibility index (Phi) is 8.85. The van der Waals surface area contributed by atoms with Gasteiger partial charge in [0.25, 0.3) is 0 Å². The Labute approximate surface area is 192 Å². The zero-order chi connectivity index (χ0) is 22.1. The molecule has 0 bridgehead atoms. The number of aryl methyl sites for hydroxylation is 1. The number of carbonyl (C=O) groups excluding carboxylic acids is 1. The Morgan fingerprint density at radius 1 is 1.16 bits per heavy atom. The van der Waals surface area contributed by atoms with E-state index in [0.29, 0.717) is 26.1 Å². The van der Waals surface area contributed by atoms with Crippen molar-refractivity contribution < 1.29 is 19.0 Å². The number of thiophene rings is 1. The molecule has 1 aromatic heterocycles. The number of esters is 1. The van der Waals surface area contributed by atoms with E-state index >= 15 is 0 Å². The fourth-order valence-electron chi connectivity index (χ4n) is 3.24. The summed E-state index contributed by atoms with van der Waals surface area (Å²) in [7, 11) is 0. The van der Waals surface area contributed by atoms with Gasteiger partial charge in [-0.2, -0.15) is 11.3 Å². The minimum atomic E-state index is -0.261. The van der Waals surface area contributed by atoms with E-state index in [1.54, 1.807) is 23.1 Å².